The first-order valence-corrected chi connectivity index (χ1v) is 8.65. The third-order valence-electron chi connectivity index (χ3n) is 4.83. The average molecular weight is 356 g/mol. The molecule has 0 radical (unpaired) electrons. The summed E-state index contributed by atoms with van der Waals surface area (Å²) in [7, 11) is 2.04. The number of carbonyl (C=O) groups is 2. The summed E-state index contributed by atoms with van der Waals surface area (Å²) < 4.78 is 0. The van der Waals surface area contributed by atoms with E-state index >= 15 is 0 Å². The van der Waals surface area contributed by atoms with Crippen molar-refractivity contribution in [2.75, 3.05) is 38.1 Å². The number of imide groups is 1. The van der Waals surface area contributed by atoms with Crippen molar-refractivity contribution >= 4 is 39.9 Å². The molecule has 6 heteroatoms. The van der Waals surface area contributed by atoms with E-state index in [1.54, 1.807) is 6.07 Å². The van der Waals surface area contributed by atoms with Crippen LogP contribution in [-0.4, -0.2) is 54.8 Å². The lowest BCUT2D eigenvalue weighted by atomic mass is 10.1. The molecule has 4 rings (SSSR count). The Balaban J connectivity index is 1.74. The van der Waals surface area contributed by atoms with E-state index in [4.69, 9.17) is 11.6 Å². The van der Waals surface area contributed by atoms with Crippen LogP contribution in [0.25, 0.3) is 10.8 Å². The molecule has 0 unspecified atom stereocenters. The molecule has 25 heavy (non-hydrogen) atoms. The van der Waals surface area contributed by atoms with Crippen molar-refractivity contribution < 1.29 is 9.59 Å². The Morgan fingerprint density at radius 2 is 1.56 bits per heavy atom. The minimum Gasteiger partial charge on any atom is -0.363 e. The molecular formula is C19H18ClN3O2. The van der Waals surface area contributed by atoms with Gasteiger partial charge in [0, 0.05) is 31.6 Å². The summed E-state index contributed by atoms with van der Waals surface area (Å²) in [6.45, 7) is 3.04. The van der Waals surface area contributed by atoms with E-state index in [0.29, 0.717) is 24.5 Å². The maximum atomic E-state index is 13.1. The molecule has 0 spiro atoms. The number of rotatable bonds is 2. The number of carbonyl (C=O) groups excluding carboxylic acids is 2. The fraction of sp³-hybridized carbons (Fsp3) is 0.263. The van der Waals surface area contributed by atoms with Gasteiger partial charge in [-0.05, 0) is 18.5 Å². The Morgan fingerprint density at radius 1 is 0.880 bits per heavy atom. The van der Waals surface area contributed by atoms with E-state index in [1.165, 1.54) is 4.90 Å². The van der Waals surface area contributed by atoms with Gasteiger partial charge in [-0.25, -0.2) is 4.90 Å². The van der Waals surface area contributed by atoms with Crippen LogP contribution in [0, 0.1) is 0 Å². The van der Waals surface area contributed by atoms with Crippen LogP contribution in [0.4, 0.5) is 5.69 Å². The smallest absolute Gasteiger partial charge is 0.283 e. The second-order valence-corrected chi connectivity index (χ2v) is 6.77. The quantitative estimate of drug-likeness (QED) is 0.776. The molecule has 0 N–H and O–H groups in total. The van der Waals surface area contributed by atoms with Crippen LogP contribution in [0.1, 0.15) is 0 Å². The van der Waals surface area contributed by atoms with Crippen LogP contribution < -0.4 is 4.90 Å². The maximum Gasteiger partial charge on any atom is 0.283 e. The largest absolute Gasteiger partial charge is 0.363 e. The lowest BCUT2D eigenvalue weighted by Gasteiger charge is -2.34. The Labute approximate surface area is 151 Å². The van der Waals surface area contributed by atoms with Gasteiger partial charge in [-0.2, -0.15) is 0 Å². The van der Waals surface area contributed by atoms with Crippen molar-refractivity contribution in [3.63, 3.8) is 0 Å². The van der Waals surface area contributed by atoms with Gasteiger partial charge in [-0.1, -0.05) is 48.0 Å². The molecular weight excluding hydrogens is 338 g/mol. The zero-order valence-corrected chi connectivity index (χ0v) is 14.7. The first kappa shape index (κ1) is 16.1. The minimum atomic E-state index is -0.447. The van der Waals surface area contributed by atoms with Crippen molar-refractivity contribution in [2.24, 2.45) is 0 Å². The number of benzene rings is 2. The van der Waals surface area contributed by atoms with Crippen molar-refractivity contribution in [2.45, 2.75) is 0 Å². The highest BCUT2D eigenvalue weighted by Crippen LogP contribution is 2.35. The lowest BCUT2D eigenvalue weighted by molar-refractivity contribution is -0.121. The highest BCUT2D eigenvalue weighted by Gasteiger charge is 2.42. The third-order valence-corrected chi connectivity index (χ3v) is 5.17. The van der Waals surface area contributed by atoms with Gasteiger partial charge in [0.25, 0.3) is 11.8 Å². The molecule has 2 aliphatic heterocycles. The van der Waals surface area contributed by atoms with Crippen molar-refractivity contribution in [1.29, 1.82) is 0 Å². The topological polar surface area (TPSA) is 43.9 Å². The fourth-order valence-corrected chi connectivity index (χ4v) is 3.70. The first-order valence-electron chi connectivity index (χ1n) is 8.28. The summed E-state index contributed by atoms with van der Waals surface area (Å²) >= 11 is 6.30. The van der Waals surface area contributed by atoms with Gasteiger partial charge in [0.05, 0.1) is 5.69 Å². The Hall–Kier alpha value is -2.37. The van der Waals surface area contributed by atoms with Crippen LogP contribution in [0.2, 0.25) is 0 Å². The van der Waals surface area contributed by atoms with E-state index < -0.39 is 5.91 Å². The number of halogens is 1. The predicted octanol–water partition coefficient (Wildman–Crippen LogP) is 2.41. The van der Waals surface area contributed by atoms with Crippen molar-refractivity contribution in [3.8, 4) is 0 Å². The van der Waals surface area contributed by atoms with Gasteiger partial charge in [0.15, 0.2) is 0 Å². The fourth-order valence-electron chi connectivity index (χ4n) is 3.42. The Kier molecular flexibility index (Phi) is 3.98. The molecule has 2 heterocycles. The predicted molar refractivity (Wildman–Crippen MR) is 98.4 cm³/mol. The van der Waals surface area contributed by atoms with Crippen LogP contribution >= 0.6 is 11.6 Å². The van der Waals surface area contributed by atoms with E-state index in [1.807, 2.05) is 48.3 Å². The summed E-state index contributed by atoms with van der Waals surface area (Å²) in [5.74, 6) is -0.784. The van der Waals surface area contributed by atoms with Crippen molar-refractivity contribution in [1.82, 2.24) is 9.80 Å². The monoisotopic (exact) mass is 355 g/mol. The molecule has 2 aromatic carbocycles. The summed E-state index contributed by atoms with van der Waals surface area (Å²) in [4.78, 5) is 31.1. The number of hydrogen-bond donors (Lipinski definition) is 0. The molecule has 128 valence electrons. The first-order chi connectivity index (χ1) is 12.1. The second kappa shape index (κ2) is 6.17. The highest BCUT2D eigenvalue weighted by atomic mass is 35.5. The number of anilines is 1. The number of piperazine rings is 1. The lowest BCUT2D eigenvalue weighted by Crippen LogP contribution is -2.46. The van der Waals surface area contributed by atoms with Crippen LogP contribution in [0.3, 0.4) is 0 Å². The molecule has 2 aliphatic rings. The molecule has 0 aromatic heterocycles. The zero-order valence-electron chi connectivity index (χ0n) is 13.9. The molecule has 0 atom stereocenters. The summed E-state index contributed by atoms with van der Waals surface area (Å²) in [6, 6.07) is 13.3. The van der Waals surface area contributed by atoms with Crippen LogP contribution in [0.15, 0.2) is 53.2 Å². The summed E-state index contributed by atoms with van der Waals surface area (Å²) in [5, 5.41) is 1.85. The molecule has 0 aliphatic carbocycles. The summed E-state index contributed by atoms with van der Waals surface area (Å²) in [6.07, 6.45) is 0. The van der Waals surface area contributed by atoms with E-state index in [0.717, 1.165) is 23.9 Å². The van der Waals surface area contributed by atoms with E-state index in [2.05, 4.69) is 4.90 Å². The van der Waals surface area contributed by atoms with Crippen molar-refractivity contribution in [3.05, 3.63) is 53.2 Å². The average Bonchev–Trinajstić information content (AvgIpc) is 2.85. The number of likely N-dealkylation sites (N-methyl/N-ethyl adjacent to an activating group) is 1. The highest BCUT2D eigenvalue weighted by molar-refractivity contribution is 6.53. The number of amides is 2. The van der Waals surface area contributed by atoms with Gasteiger partial charge in [0.1, 0.15) is 10.7 Å². The Bertz CT molecular complexity index is 895. The number of fused-ring (bicyclic) bond motifs is 1. The summed E-state index contributed by atoms with van der Waals surface area (Å²) in [5.41, 5.74) is 0.906. The number of hydrogen-bond acceptors (Lipinski definition) is 4. The third kappa shape index (κ3) is 2.60. The zero-order chi connectivity index (χ0) is 17.6. The molecule has 1 fully saturated rings. The molecule has 2 aromatic rings. The van der Waals surface area contributed by atoms with Gasteiger partial charge < -0.3 is 9.80 Å². The van der Waals surface area contributed by atoms with Gasteiger partial charge in [-0.3, -0.25) is 9.59 Å². The molecule has 5 nitrogen and oxygen atoms in total. The molecule has 1 saturated heterocycles. The van der Waals surface area contributed by atoms with Gasteiger partial charge in [0.2, 0.25) is 0 Å². The van der Waals surface area contributed by atoms with Crippen LogP contribution in [0.5, 0.6) is 0 Å². The second-order valence-electron chi connectivity index (χ2n) is 6.40. The Morgan fingerprint density at radius 3 is 2.32 bits per heavy atom. The number of nitrogens with zero attached hydrogens (tertiary/aromatic N) is 3. The van der Waals surface area contributed by atoms with Gasteiger partial charge >= 0.3 is 0 Å². The maximum absolute atomic E-state index is 13.1. The van der Waals surface area contributed by atoms with E-state index in [-0.39, 0.29) is 10.9 Å². The standard InChI is InChI=1S/C19H18ClN3O2/c1-21-9-11-22(12-10-21)17-16(20)18(24)23(19(17)25)15-8-4-6-13-5-2-3-7-14(13)15/h2-8H,9-12H2,1H3. The van der Waals surface area contributed by atoms with E-state index in [9.17, 15) is 9.59 Å². The van der Waals surface area contributed by atoms with Crippen LogP contribution in [-0.2, 0) is 9.59 Å². The molecule has 0 saturated carbocycles. The normalized spacial score (nSPS) is 19.4. The SMILES string of the molecule is CN1CCN(C2=C(Cl)C(=O)N(c3cccc4ccccc34)C2=O)CC1. The molecule has 0 bridgehead atoms. The molecule has 2 amide bonds. The minimum absolute atomic E-state index is 0.0162. The van der Waals surface area contributed by atoms with Gasteiger partial charge in [-0.15, -0.1) is 0 Å².